The second kappa shape index (κ2) is 7.58. The fourth-order valence-corrected chi connectivity index (χ4v) is 4.06. The average molecular weight is 449 g/mol. The second-order valence-electron chi connectivity index (χ2n) is 5.96. The molecule has 0 aliphatic carbocycles. The summed E-state index contributed by atoms with van der Waals surface area (Å²) in [4.78, 5) is 12.3. The Hall–Kier alpha value is -2.58. The molecule has 140 valence electrons. The molecule has 0 radical (unpaired) electrons. The first-order chi connectivity index (χ1) is 12.7. The largest absolute Gasteiger partial charge is 0.456 e. The van der Waals surface area contributed by atoms with E-state index in [4.69, 9.17) is 4.42 Å². The molecule has 1 aromatic heterocycles. The van der Waals surface area contributed by atoms with Gasteiger partial charge in [0, 0.05) is 15.8 Å². The van der Waals surface area contributed by atoms with E-state index in [2.05, 4.69) is 26.0 Å². The molecule has 0 saturated heterocycles. The van der Waals surface area contributed by atoms with Crippen molar-refractivity contribution in [1.29, 1.82) is 0 Å². The van der Waals surface area contributed by atoms with Crippen LogP contribution in [0.2, 0.25) is 0 Å². The predicted molar refractivity (Wildman–Crippen MR) is 108 cm³/mol. The molecule has 27 heavy (non-hydrogen) atoms. The van der Waals surface area contributed by atoms with E-state index < -0.39 is 15.9 Å². The van der Waals surface area contributed by atoms with Gasteiger partial charge in [0.15, 0.2) is 5.76 Å². The Kier molecular flexibility index (Phi) is 5.38. The fraction of sp³-hybridized carbons (Fsp3) is 0.105. The summed E-state index contributed by atoms with van der Waals surface area (Å²) >= 11 is 3.31. The first-order valence-corrected chi connectivity index (χ1v) is 10.3. The van der Waals surface area contributed by atoms with Crippen LogP contribution >= 0.6 is 15.9 Å². The molecule has 3 rings (SSSR count). The fourth-order valence-electron chi connectivity index (χ4n) is 2.51. The zero-order valence-electron chi connectivity index (χ0n) is 14.6. The smallest absolute Gasteiger partial charge is 0.291 e. The standard InChI is InChI=1S/C19H17BrN2O4S/c1-12-11-16(21-19(23)17-9-3-13(2)26-17)8-10-18(12)27(24,25)22-15-6-4-14(20)5-7-15/h3-11,22H,1-2H3,(H,21,23). The molecule has 6 nitrogen and oxygen atoms in total. The minimum atomic E-state index is -3.75. The van der Waals surface area contributed by atoms with Gasteiger partial charge in [-0.25, -0.2) is 8.42 Å². The van der Waals surface area contributed by atoms with Crippen molar-refractivity contribution in [3.63, 3.8) is 0 Å². The van der Waals surface area contributed by atoms with Crippen LogP contribution in [0.15, 0.2) is 68.4 Å². The lowest BCUT2D eigenvalue weighted by molar-refractivity contribution is 0.0995. The highest BCUT2D eigenvalue weighted by molar-refractivity contribution is 9.10. The van der Waals surface area contributed by atoms with E-state index in [0.29, 0.717) is 22.7 Å². The number of hydrogen-bond acceptors (Lipinski definition) is 4. The molecule has 3 aromatic rings. The highest BCUT2D eigenvalue weighted by Crippen LogP contribution is 2.24. The molecule has 0 unspecified atom stereocenters. The molecule has 0 aliphatic heterocycles. The zero-order valence-corrected chi connectivity index (χ0v) is 17.0. The lowest BCUT2D eigenvalue weighted by atomic mass is 10.2. The Morgan fingerprint density at radius 1 is 0.963 bits per heavy atom. The van der Waals surface area contributed by atoms with Crippen molar-refractivity contribution in [2.24, 2.45) is 0 Å². The second-order valence-corrected chi connectivity index (χ2v) is 8.52. The lowest BCUT2D eigenvalue weighted by Crippen LogP contribution is -2.15. The Morgan fingerprint density at radius 3 is 2.22 bits per heavy atom. The molecule has 1 heterocycles. The number of hydrogen-bond donors (Lipinski definition) is 2. The zero-order chi connectivity index (χ0) is 19.6. The lowest BCUT2D eigenvalue weighted by Gasteiger charge is -2.12. The molecule has 0 atom stereocenters. The van der Waals surface area contributed by atoms with Gasteiger partial charge in [-0.2, -0.15) is 0 Å². The quantitative estimate of drug-likeness (QED) is 0.591. The summed E-state index contributed by atoms with van der Waals surface area (Å²) in [6, 6.07) is 14.7. The minimum absolute atomic E-state index is 0.136. The topological polar surface area (TPSA) is 88.4 Å². The van der Waals surface area contributed by atoms with Gasteiger partial charge in [-0.3, -0.25) is 9.52 Å². The highest BCUT2D eigenvalue weighted by atomic mass is 79.9. The molecule has 1 amide bonds. The van der Waals surface area contributed by atoms with E-state index in [1.165, 1.54) is 12.1 Å². The Balaban J connectivity index is 1.79. The van der Waals surface area contributed by atoms with Gasteiger partial charge in [-0.05, 0) is 74.0 Å². The molecule has 0 saturated carbocycles. The number of nitrogens with one attached hydrogen (secondary N) is 2. The third-order valence-electron chi connectivity index (χ3n) is 3.78. The van der Waals surface area contributed by atoms with Crippen LogP contribution in [0.4, 0.5) is 11.4 Å². The van der Waals surface area contributed by atoms with Crippen molar-refractivity contribution < 1.29 is 17.6 Å². The normalized spacial score (nSPS) is 11.2. The van der Waals surface area contributed by atoms with Gasteiger partial charge in [-0.1, -0.05) is 15.9 Å². The number of carbonyl (C=O) groups is 1. The first-order valence-electron chi connectivity index (χ1n) is 8.01. The van der Waals surface area contributed by atoms with Crippen LogP contribution in [0.25, 0.3) is 0 Å². The van der Waals surface area contributed by atoms with E-state index in [1.807, 2.05) is 0 Å². The van der Waals surface area contributed by atoms with Crippen molar-refractivity contribution in [2.75, 3.05) is 10.0 Å². The van der Waals surface area contributed by atoms with E-state index in [0.717, 1.165) is 4.47 Å². The molecule has 0 bridgehead atoms. The van der Waals surface area contributed by atoms with Crippen LogP contribution in [-0.4, -0.2) is 14.3 Å². The van der Waals surface area contributed by atoms with Crippen molar-refractivity contribution in [3.8, 4) is 0 Å². The predicted octanol–water partition coefficient (Wildman–Crippen LogP) is 4.71. The molecule has 0 spiro atoms. The maximum Gasteiger partial charge on any atom is 0.291 e. The average Bonchev–Trinajstić information content (AvgIpc) is 3.03. The van der Waals surface area contributed by atoms with Gasteiger partial charge in [0.1, 0.15) is 5.76 Å². The minimum Gasteiger partial charge on any atom is -0.456 e. The van der Waals surface area contributed by atoms with E-state index >= 15 is 0 Å². The van der Waals surface area contributed by atoms with Gasteiger partial charge in [0.25, 0.3) is 15.9 Å². The number of halogens is 1. The summed E-state index contributed by atoms with van der Waals surface area (Å²) in [5.74, 6) is 0.432. The SMILES string of the molecule is Cc1ccc(C(=O)Nc2ccc(S(=O)(=O)Nc3ccc(Br)cc3)c(C)c2)o1. The summed E-state index contributed by atoms with van der Waals surface area (Å²) in [5, 5.41) is 2.69. The summed E-state index contributed by atoms with van der Waals surface area (Å²) in [5.41, 5.74) is 1.45. The molecule has 2 N–H and O–H groups in total. The van der Waals surface area contributed by atoms with Gasteiger partial charge in [0.2, 0.25) is 0 Å². The van der Waals surface area contributed by atoms with Gasteiger partial charge < -0.3 is 9.73 Å². The number of benzene rings is 2. The molecule has 2 aromatic carbocycles. The van der Waals surface area contributed by atoms with Gasteiger partial charge >= 0.3 is 0 Å². The molecular weight excluding hydrogens is 432 g/mol. The summed E-state index contributed by atoms with van der Waals surface area (Å²) in [6.07, 6.45) is 0. The molecular formula is C19H17BrN2O4S. The van der Waals surface area contributed by atoms with Crippen molar-refractivity contribution in [1.82, 2.24) is 0 Å². The molecule has 0 aliphatic rings. The van der Waals surface area contributed by atoms with Crippen molar-refractivity contribution in [2.45, 2.75) is 18.7 Å². The van der Waals surface area contributed by atoms with E-state index in [1.54, 1.807) is 56.3 Å². The van der Waals surface area contributed by atoms with Crippen LogP contribution in [0.1, 0.15) is 21.9 Å². The third kappa shape index (κ3) is 4.58. The third-order valence-corrected chi connectivity index (χ3v) is 5.85. The monoisotopic (exact) mass is 448 g/mol. The van der Waals surface area contributed by atoms with E-state index in [9.17, 15) is 13.2 Å². The number of anilines is 2. The molecule has 0 fully saturated rings. The van der Waals surface area contributed by atoms with Crippen LogP contribution in [0.3, 0.4) is 0 Å². The maximum atomic E-state index is 12.6. The van der Waals surface area contributed by atoms with Crippen LogP contribution in [0.5, 0.6) is 0 Å². The number of amides is 1. The summed E-state index contributed by atoms with van der Waals surface area (Å²) in [7, 11) is -3.75. The van der Waals surface area contributed by atoms with Crippen molar-refractivity contribution in [3.05, 3.63) is 76.2 Å². The summed E-state index contributed by atoms with van der Waals surface area (Å²) in [6.45, 7) is 3.42. The number of furan rings is 1. The van der Waals surface area contributed by atoms with Gasteiger partial charge in [-0.15, -0.1) is 0 Å². The van der Waals surface area contributed by atoms with Crippen LogP contribution in [0, 0.1) is 13.8 Å². The summed E-state index contributed by atoms with van der Waals surface area (Å²) < 4.78 is 34.0. The number of rotatable bonds is 5. The molecule has 8 heteroatoms. The number of aryl methyl sites for hydroxylation is 2. The van der Waals surface area contributed by atoms with E-state index in [-0.39, 0.29) is 10.7 Å². The van der Waals surface area contributed by atoms with Gasteiger partial charge in [0.05, 0.1) is 4.90 Å². The maximum absolute atomic E-state index is 12.6. The number of carbonyl (C=O) groups excluding carboxylic acids is 1. The highest BCUT2D eigenvalue weighted by Gasteiger charge is 2.18. The Bertz CT molecular complexity index is 1090. The van der Waals surface area contributed by atoms with Crippen LogP contribution in [-0.2, 0) is 10.0 Å². The van der Waals surface area contributed by atoms with Crippen molar-refractivity contribution >= 4 is 43.2 Å². The number of sulfonamides is 1. The Labute approximate surface area is 165 Å². The Morgan fingerprint density at radius 2 is 1.63 bits per heavy atom. The first kappa shape index (κ1) is 19.2. The van der Waals surface area contributed by atoms with Crippen LogP contribution < -0.4 is 10.0 Å².